The molecule has 0 spiro atoms. The number of aryl methyl sites for hydroxylation is 1. The average molecular weight is 445 g/mol. The number of alkyl halides is 3. The van der Waals surface area contributed by atoms with Gasteiger partial charge >= 0.3 is 12.1 Å². The number of carbonyl (C=O) groups is 1. The van der Waals surface area contributed by atoms with Crippen molar-refractivity contribution in [1.82, 2.24) is 14.5 Å². The first-order valence-electron chi connectivity index (χ1n) is 10.8. The van der Waals surface area contributed by atoms with Crippen LogP contribution in [0.3, 0.4) is 0 Å². The van der Waals surface area contributed by atoms with Gasteiger partial charge in [0.05, 0.1) is 18.6 Å². The average Bonchev–Trinajstić information content (AvgIpc) is 3.09. The third-order valence-corrected chi connectivity index (χ3v) is 5.94. The van der Waals surface area contributed by atoms with Gasteiger partial charge < -0.3 is 9.30 Å². The number of aromatic nitrogens is 2. The molecule has 0 saturated carbocycles. The van der Waals surface area contributed by atoms with Gasteiger partial charge in [-0.05, 0) is 48.7 Å². The first kappa shape index (κ1) is 22.3. The van der Waals surface area contributed by atoms with Crippen LogP contribution in [0.1, 0.15) is 35.7 Å². The predicted octanol–water partition coefficient (Wildman–Crippen LogP) is 4.61. The second-order valence-electron chi connectivity index (χ2n) is 8.00. The third kappa shape index (κ3) is 4.80. The normalized spacial score (nSPS) is 14.5. The lowest BCUT2D eigenvalue weighted by Crippen LogP contribution is -2.32. The Kier molecular flexibility index (Phi) is 6.50. The minimum absolute atomic E-state index is 0.190. The van der Waals surface area contributed by atoms with Crippen LogP contribution >= 0.6 is 0 Å². The summed E-state index contributed by atoms with van der Waals surface area (Å²) in [6.07, 6.45) is 0.921. The molecular formula is C24H26F3N3O2. The van der Waals surface area contributed by atoms with Crippen LogP contribution in [0.4, 0.5) is 13.2 Å². The quantitative estimate of drug-likeness (QED) is 0.499. The standard InChI is InChI=1S/C24H26F3N3O2/c1-2-32-23(31)9-13-30-21-6-5-18(24(25,26)27)14-19(21)20-16-29(12-8-22(20)30)11-7-17-4-3-10-28-15-17/h3-6,10,14-15H,2,7-9,11-13,16H2,1H3. The Morgan fingerprint density at radius 3 is 2.78 bits per heavy atom. The maximum atomic E-state index is 13.4. The summed E-state index contributed by atoms with van der Waals surface area (Å²) in [6.45, 7) is 4.66. The van der Waals surface area contributed by atoms with E-state index in [1.165, 1.54) is 12.1 Å². The molecule has 32 heavy (non-hydrogen) atoms. The van der Waals surface area contributed by atoms with Crippen molar-refractivity contribution < 1.29 is 22.7 Å². The van der Waals surface area contributed by atoms with Crippen molar-refractivity contribution in [3.8, 4) is 0 Å². The lowest BCUT2D eigenvalue weighted by Gasteiger charge is -2.28. The van der Waals surface area contributed by atoms with Crippen LogP contribution in [0, 0.1) is 0 Å². The summed E-state index contributed by atoms with van der Waals surface area (Å²) in [5.74, 6) is -0.302. The van der Waals surface area contributed by atoms with Crippen LogP contribution in [0.25, 0.3) is 10.9 Å². The fraction of sp³-hybridized carbons (Fsp3) is 0.417. The molecule has 0 fully saturated rings. The number of fused-ring (bicyclic) bond motifs is 3. The fourth-order valence-corrected chi connectivity index (χ4v) is 4.40. The van der Waals surface area contributed by atoms with E-state index in [1.54, 1.807) is 13.1 Å². The number of ether oxygens (including phenoxy) is 1. The van der Waals surface area contributed by atoms with E-state index in [4.69, 9.17) is 4.74 Å². The number of rotatable bonds is 7. The second-order valence-corrected chi connectivity index (χ2v) is 8.00. The Morgan fingerprint density at radius 2 is 2.06 bits per heavy atom. The van der Waals surface area contributed by atoms with Crippen molar-refractivity contribution in [3.63, 3.8) is 0 Å². The zero-order chi connectivity index (χ0) is 22.7. The van der Waals surface area contributed by atoms with E-state index in [0.29, 0.717) is 25.1 Å². The Hall–Kier alpha value is -2.87. The number of esters is 1. The molecule has 4 rings (SSSR count). The van der Waals surface area contributed by atoms with Crippen LogP contribution in [0.15, 0.2) is 42.7 Å². The van der Waals surface area contributed by atoms with Gasteiger partial charge in [0, 0.05) is 61.6 Å². The number of pyridine rings is 1. The van der Waals surface area contributed by atoms with Gasteiger partial charge in [-0.3, -0.25) is 14.7 Å². The summed E-state index contributed by atoms with van der Waals surface area (Å²) in [6, 6.07) is 7.83. The highest BCUT2D eigenvalue weighted by Gasteiger charge is 2.32. The van der Waals surface area contributed by atoms with Gasteiger partial charge in [0.25, 0.3) is 0 Å². The maximum Gasteiger partial charge on any atom is 0.416 e. The van der Waals surface area contributed by atoms with E-state index in [1.807, 2.05) is 22.9 Å². The summed E-state index contributed by atoms with van der Waals surface area (Å²) < 4.78 is 47.2. The topological polar surface area (TPSA) is 47.4 Å². The first-order valence-corrected chi connectivity index (χ1v) is 10.8. The number of nitrogens with zero attached hydrogens (tertiary/aromatic N) is 3. The summed E-state index contributed by atoms with van der Waals surface area (Å²) in [4.78, 5) is 18.3. The largest absolute Gasteiger partial charge is 0.466 e. The molecule has 0 amide bonds. The van der Waals surface area contributed by atoms with Gasteiger partial charge in [-0.15, -0.1) is 0 Å². The fourth-order valence-electron chi connectivity index (χ4n) is 4.40. The SMILES string of the molecule is CCOC(=O)CCn1c2c(c3cc(C(F)(F)F)ccc31)CN(CCc1cccnc1)CC2. The molecule has 1 aromatic carbocycles. The van der Waals surface area contributed by atoms with Crippen LogP contribution in [-0.2, 0) is 41.6 Å². The zero-order valence-electron chi connectivity index (χ0n) is 18.0. The highest BCUT2D eigenvalue weighted by atomic mass is 19.4. The van der Waals surface area contributed by atoms with Crippen molar-refractivity contribution in [2.75, 3.05) is 19.7 Å². The Bertz CT molecular complexity index is 1090. The smallest absolute Gasteiger partial charge is 0.416 e. The van der Waals surface area contributed by atoms with Gasteiger partial charge in [-0.1, -0.05) is 6.07 Å². The van der Waals surface area contributed by atoms with Crippen LogP contribution < -0.4 is 0 Å². The van der Waals surface area contributed by atoms with Crippen molar-refractivity contribution in [1.29, 1.82) is 0 Å². The minimum Gasteiger partial charge on any atom is -0.466 e. The predicted molar refractivity (Wildman–Crippen MR) is 115 cm³/mol. The number of benzene rings is 1. The zero-order valence-corrected chi connectivity index (χ0v) is 18.0. The molecule has 5 nitrogen and oxygen atoms in total. The molecule has 8 heteroatoms. The molecule has 0 bridgehead atoms. The Labute approximate surface area is 184 Å². The highest BCUT2D eigenvalue weighted by molar-refractivity contribution is 5.87. The van der Waals surface area contributed by atoms with Crippen LogP contribution in [-0.4, -0.2) is 40.1 Å². The third-order valence-electron chi connectivity index (χ3n) is 5.94. The first-order chi connectivity index (χ1) is 15.4. The van der Waals surface area contributed by atoms with Gasteiger partial charge in [0.2, 0.25) is 0 Å². The monoisotopic (exact) mass is 445 g/mol. The molecule has 0 atom stereocenters. The van der Waals surface area contributed by atoms with E-state index in [-0.39, 0.29) is 12.4 Å². The molecule has 0 saturated heterocycles. The van der Waals surface area contributed by atoms with Crippen molar-refractivity contribution >= 4 is 16.9 Å². The van der Waals surface area contributed by atoms with Crippen molar-refractivity contribution in [2.24, 2.45) is 0 Å². The Morgan fingerprint density at radius 1 is 1.22 bits per heavy atom. The van der Waals surface area contributed by atoms with Gasteiger partial charge in [0.1, 0.15) is 0 Å². The summed E-state index contributed by atoms with van der Waals surface area (Å²) in [5.41, 5.74) is 3.16. The molecule has 0 radical (unpaired) electrons. The van der Waals surface area contributed by atoms with Gasteiger partial charge in [-0.25, -0.2) is 0 Å². The number of halogens is 3. The molecule has 0 unspecified atom stereocenters. The van der Waals surface area contributed by atoms with E-state index >= 15 is 0 Å². The van der Waals surface area contributed by atoms with Gasteiger partial charge in [0.15, 0.2) is 0 Å². The van der Waals surface area contributed by atoms with Crippen molar-refractivity contribution in [3.05, 3.63) is 65.1 Å². The number of hydrogen-bond acceptors (Lipinski definition) is 4. The molecule has 3 heterocycles. The molecule has 1 aliphatic rings. The molecule has 0 N–H and O–H groups in total. The number of hydrogen-bond donors (Lipinski definition) is 0. The van der Waals surface area contributed by atoms with Crippen molar-refractivity contribution in [2.45, 2.75) is 45.5 Å². The van der Waals surface area contributed by atoms with Crippen LogP contribution in [0.2, 0.25) is 0 Å². The van der Waals surface area contributed by atoms with E-state index in [9.17, 15) is 18.0 Å². The van der Waals surface area contributed by atoms with E-state index in [0.717, 1.165) is 54.3 Å². The summed E-state index contributed by atoms with van der Waals surface area (Å²) >= 11 is 0. The minimum atomic E-state index is -4.40. The Balaban J connectivity index is 1.63. The molecule has 0 aliphatic carbocycles. The lowest BCUT2D eigenvalue weighted by atomic mass is 10.0. The van der Waals surface area contributed by atoms with Crippen LogP contribution in [0.5, 0.6) is 0 Å². The highest BCUT2D eigenvalue weighted by Crippen LogP contribution is 2.36. The van der Waals surface area contributed by atoms with Gasteiger partial charge in [-0.2, -0.15) is 13.2 Å². The molecule has 1 aliphatic heterocycles. The molecule has 170 valence electrons. The maximum absolute atomic E-state index is 13.4. The molecule has 3 aromatic rings. The van der Waals surface area contributed by atoms with E-state index in [2.05, 4.69) is 9.88 Å². The molecular weight excluding hydrogens is 419 g/mol. The summed E-state index contributed by atoms with van der Waals surface area (Å²) in [7, 11) is 0. The summed E-state index contributed by atoms with van der Waals surface area (Å²) in [5, 5.41) is 0.616. The molecule has 2 aromatic heterocycles. The second kappa shape index (κ2) is 9.32. The van der Waals surface area contributed by atoms with E-state index < -0.39 is 11.7 Å². The number of carbonyl (C=O) groups excluding carboxylic acids is 1. The lowest BCUT2D eigenvalue weighted by molar-refractivity contribution is -0.143.